The van der Waals surface area contributed by atoms with Crippen LogP contribution in [0.2, 0.25) is 15.1 Å². The number of hydrogen-bond acceptors (Lipinski definition) is 3. The van der Waals surface area contributed by atoms with Gasteiger partial charge in [0.05, 0.1) is 15.6 Å². The second-order valence-corrected chi connectivity index (χ2v) is 8.54. The number of rotatable bonds is 7. The Morgan fingerprint density at radius 3 is 2.35 bits per heavy atom. The van der Waals surface area contributed by atoms with Crippen molar-refractivity contribution in [3.05, 3.63) is 68.0 Å². The second-order valence-electron chi connectivity index (χ2n) is 5.44. The minimum absolute atomic E-state index is 0.0635. The Balaban J connectivity index is 2.57. The van der Waals surface area contributed by atoms with E-state index in [0.29, 0.717) is 16.5 Å². The molecule has 0 saturated heterocycles. The van der Waals surface area contributed by atoms with Crippen molar-refractivity contribution < 1.29 is 8.42 Å². The lowest BCUT2D eigenvalue weighted by Gasteiger charge is -2.31. The Labute approximate surface area is 167 Å². The van der Waals surface area contributed by atoms with Crippen molar-refractivity contribution in [2.24, 2.45) is 5.11 Å². The molecule has 0 radical (unpaired) electrons. The first-order valence-corrected chi connectivity index (χ1v) is 10.1. The molecule has 0 bridgehead atoms. The number of hydrogen-bond donors (Lipinski definition) is 0. The van der Waals surface area contributed by atoms with Crippen molar-refractivity contribution in [1.29, 1.82) is 0 Å². The van der Waals surface area contributed by atoms with Crippen LogP contribution in [0.15, 0.2) is 52.5 Å². The van der Waals surface area contributed by atoms with Crippen LogP contribution < -0.4 is 4.31 Å². The summed E-state index contributed by atoms with van der Waals surface area (Å²) < 4.78 is 27.7. The SMILES string of the molecule is C[C@H](CCN=[N+]=[N-])N(c1cc(Cl)ccc1Cl)S(=O)(=O)c1ccc(Cl)cc1. The van der Waals surface area contributed by atoms with Gasteiger partial charge in [-0.2, -0.15) is 0 Å². The first kappa shape index (κ1) is 20.7. The summed E-state index contributed by atoms with van der Waals surface area (Å²) in [5, 5.41) is 4.49. The molecule has 0 saturated carbocycles. The summed E-state index contributed by atoms with van der Waals surface area (Å²) in [5.41, 5.74) is 8.71. The van der Waals surface area contributed by atoms with E-state index in [4.69, 9.17) is 40.3 Å². The van der Waals surface area contributed by atoms with E-state index >= 15 is 0 Å². The van der Waals surface area contributed by atoms with Crippen LogP contribution in [-0.4, -0.2) is 21.0 Å². The smallest absolute Gasteiger partial charge is 0.262 e. The monoisotopic (exact) mass is 432 g/mol. The van der Waals surface area contributed by atoms with Crippen LogP contribution in [0.5, 0.6) is 0 Å². The average Bonchev–Trinajstić information content (AvgIpc) is 2.58. The normalized spacial score (nSPS) is 12.3. The van der Waals surface area contributed by atoms with Crippen LogP contribution in [0.3, 0.4) is 0 Å². The first-order chi connectivity index (χ1) is 12.3. The molecule has 0 heterocycles. The van der Waals surface area contributed by atoms with E-state index in [2.05, 4.69) is 10.0 Å². The van der Waals surface area contributed by atoms with Gasteiger partial charge in [0.1, 0.15) is 0 Å². The lowest BCUT2D eigenvalue weighted by atomic mass is 10.2. The van der Waals surface area contributed by atoms with Crippen molar-refractivity contribution in [2.45, 2.75) is 24.3 Å². The molecule has 2 aromatic carbocycles. The molecule has 0 fully saturated rings. The van der Waals surface area contributed by atoms with Crippen LogP contribution >= 0.6 is 34.8 Å². The molecule has 0 unspecified atom stereocenters. The number of anilines is 1. The van der Waals surface area contributed by atoms with Crippen molar-refractivity contribution in [1.82, 2.24) is 0 Å². The molecule has 10 heteroatoms. The van der Waals surface area contributed by atoms with Gasteiger partial charge in [-0.15, -0.1) is 0 Å². The van der Waals surface area contributed by atoms with E-state index in [1.165, 1.54) is 40.7 Å². The number of halogens is 3. The van der Waals surface area contributed by atoms with Gasteiger partial charge in [-0.25, -0.2) is 8.42 Å². The maximum Gasteiger partial charge on any atom is 0.264 e. The van der Waals surface area contributed by atoms with Gasteiger partial charge in [0, 0.05) is 27.5 Å². The predicted octanol–water partition coefficient (Wildman–Crippen LogP) is 5.93. The van der Waals surface area contributed by atoms with Crippen molar-refractivity contribution in [2.75, 3.05) is 10.8 Å². The highest BCUT2D eigenvalue weighted by Crippen LogP contribution is 2.35. The van der Waals surface area contributed by atoms with E-state index in [1.807, 2.05) is 0 Å². The van der Waals surface area contributed by atoms with E-state index in [1.54, 1.807) is 13.0 Å². The van der Waals surface area contributed by atoms with Crippen LogP contribution in [0.25, 0.3) is 10.4 Å². The average molecular weight is 434 g/mol. The van der Waals surface area contributed by atoms with Gasteiger partial charge in [-0.1, -0.05) is 39.9 Å². The zero-order chi connectivity index (χ0) is 19.3. The predicted molar refractivity (Wildman–Crippen MR) is 106 cm³/mol. The van der Waals surface area contributed by atoms with Gasteiger partial charge >= 0.3 is 0 Å². The molecule has 0 spiro atoms. The van der Waals surface area contributed by atoms with Gasteiger partial charge < -0.3 is 0 Å². The van der Waals surface area contributed by atoms with Gasteiger partial charge in [0.2, 0.25) is 0 Å². The second kappa shape index (κ2) is 8.84. The third-order valence-corrected chi connectivity index (χ3v) is 6.38. The Bertz CT molecular complexity index is 929. The fourth-order valence-electron chi connectivity index (χ4n) is 2.39. The fraction of sp³-hybridized carbons (Fsp3) is 0.250. The van der Waals surface area contributed by atoms with Crippen molar-refractivity contribution >= 4 is 50.5 Å². The summed E-state index contributed by atoms with van der Waals surface area (Å²) in [5.74, 6) is 0. The molecule has 0 aromatic heterocycles. The molecule has 0 aliphatic heterocycles. The lowest BCUT2D eigenvalue weighted by molar-refractivity contribution is 0.573. The highest BCUT2D eigenvalue weighted by atomic mass is 35.5. The molecule has 0 amide bonds. The minimum Gasteiger partial charge on any atom is -0.262 e. The van der Waals surface area contributed by atoms with Crippen molar-refractivity contribution in [3.8, 4) is 0 Å². The first-order valence-electron chi connectivity index (χ1n) is 7.53. The summed E-state index contributed by atoms with van der Waals surface area (Å²) in [7, 11) is -3.95. The molecule has 2 rings (SSSR count). The number of benzene rings is 2. The van der Waals surface area contributed by atoms with Gasteiger partial charge in [-0.05, 0) is 61.3 Å². The molecular weight excluding hydrogens is 419 g/mol. The molecule has 26 heavy (non-hydrogen) atoms. The van der Waals surface area contributed by atoms with Crippen LogP contribution in [0.1, 0.15) is 13.3 Å². The zero-order valence-electron chi connectivity index (χ0n) is 13.7. The Kier molecular flexibility index (Phi) is 7.03. The molecule has 2 aromatic rings. The van der Waals surface area contributed by atoms with E-state index < -0.39 is 16.1 Å². The topological polar surface area (TPSA) is 86.1 Å². The molecule has 1 atom stereocenters. The molecule has 0 aliphatic carbocycles. The summed E-state index contributed by atoms with van der Waals surface area (Å²) in [6.07, 6.45) is 0.305. The molecule has 0 N–H and O–H groups in total. The van der Waals surface area contributed by atoms with E-state index in [9.17, 15) is 8.42 Å². The zero-order valence-corrected chi connectivity index (χ0v) is 16.8. The summed E-state index contributed by atoms with van der Waals surface area (Å²) in [6.45, 7) is 1.85. The maximum atomic E-state index is 13.3. The highest BCUT2D eigenvalue weighted by molar-refractivity contribution is 7.92. The van der Waals surface area contributed by atoms with Crippen LogP contribution in [0, 0.1) is 0 Å². The third-order valence-electron chi connectivity index (χ3n) is 3.63. The molecule has 6 nitrogen and oxygen atoms in total. The van der Waals surface area contributed by atoms with E-state index in [0.717, 1.165) is 0 Å². The maximum absolute atomic E-state index is 13.3. The summed E-state index contributed by atoms with van der Waals surface area (Å²) in [4.78, 5) is 2.76. The number of nitrogens with zero attached hydrogens (tertiary/aromatic N) is 4. The third kappa shape index (κ3) is 4.75. The number of azide groups is 1. The van der Waals surface area contributed by atoms with Crippen molar-refractivity contribution in [3.63, 3.8) is 0 Å². The van der Waals surface area contributed by atoms with Crippen LogP contribution in [0.4, 0.5) is 5.69 Å². The van der Waals surface area contributed by atoms with Gasteiger partial charge in [-0.3, -0.25) is 4.31 Å². The summed E-state index contributed by atoms with van der Waals surface area (Å²) >= 11 is 18.2. The molecule has 138 valence electrons. The highest BCUT2D eigenvalue weighted by Gasteiger charge is 2.31. The largest absolute Gasteiger partial charge is 0.264 e. The standard InChI is InChI=1S/C16H15Cl3N4O2S/c1-11(8-9-21-22-20)23(16-10-13(18)4-7-15(16)19)26(24,25)14-5-2-12(17)3-6-14/h2-7,10-11H,8-9H2,1H3/t11-/m1/s1. The molecule has 0 aliphatic rings. The Morgan fingerprint density at radius 2 is 1.73 bits per heavy atom. The quantitative estimate of drug-likeness (QED) is 0.308. The van der Waals surface area contributed by atoms with Gasteiger partial charge in [0.15, 0.2) is 0 Å². The Morgan fingerprint density at radius 1 is 1.12 bits per heavy atom. The minimum atomic E-state index is -3.95. The lowest BCUT2D eigenvalue weighted by Crippen LogP contribution is -2.39. The summed E-state index contributed by atoms with van der Waals surface area (Å²) in [6, 6.07) is 9.90. The molecular formula is C16H15Cl3N4O2S. The Hall–Kier alpha value is -1.63. The van der Waals surface area contributed by atoms with Crippen LogP contribution in [-0.2, 0) is 10.0 Å². The van der Waals surface area contributed by atoms with Gasteiger partial charge in [0.25, 0.3) is 10.0 Å². The van der Waals surface area contributed by atoms with E-state index in [-0.39, 0.29) is 22.2 Å². The number of sulfonamides is 1. The fourth-order valence-corrected chi connectivity index (χ4v) is 4.63.